The van der Waals surface area contributed by atoms with Crippen molar-refractivity contribution < 1.29 is 14.4 Å². The summed E-state index contributed by atoms with van der Waals surface area (Å²) in [6, 6.07) is 13.4. The van der Waals surface area contributed by atoms with Crippen LogP contribution in [0.1, 0.15) is 20.7 Å². The second-order valence-electron chi connectivity index (χ2n) is 5.32. The predicted octanol–water partition coefficient (Wildman–Crippen LogP) is 2.29. The third-order valence-corrected chi connectivity index (χ3v) is 3.85. The molecule has 2 aromatic rings. The topological polar surface area (TPSA) is 84.7 Å². The van der Waals surface area contributed by atoms with E-state index in [0.717, 1.165) is 0 Å². The fourth-order valence-electron chi connectivity index (χ4n) is 2.17. The molecule has 2 rings (SSSR count). The second kappa shape index (κ2) is 9.98. The molecule has 3 N–H and O–H groups in total. The highest BCUT2D eigenvalue weighted by Gasteiger charge is 2.19. The van der Waals surface area contributed by atoms with Crippen LogP contribution in [0.15, 0.2) is 48.5 Å². The number of amides is 2. The number of para-hydroxylation sites is 2. The second-order valence-corrected chi connectivity index (χ2v) is 6.21. The third kappa shape index (κ3) is 5.34. The van der Waals surface area contributed by atoms with Gasteiger partial charge in [-0.25, -0.2) is 0 Å². The van der Waals surface area contributed by atoms with Gasteiger partial charge in [-0.1, -0.05) is 18.2 Å². The molecule has 0 fully saturated rings. The van der Waals surface area contributed by atoms with Crippen molar-refractivity contribution in [3.05, 3.63) is 59.7 Å². The molecule has 0 saturated heterocycles. The standard InChI is InChI=1S/C18H21N3O3S2/c19-15-6-1-2-7-16(15)24-21(9-11-26)18(23)14-5-3-4-13(12-14)17(22)20-8-10-25/h1-7,12,25-26H,8-11,19H2,(H,20,22). The number of thiol groups is 2. The van der Waals surface area contributed by atoms with Crippen LogP contribution < -0.4 is 15.9 Å². The summed E-state index contributed by atoms with van der Waals surface area (Å²) in [4.78, 5) is 30.6. The monoisotopic (exact) mass is 391 g/mol. The van der Waals surface area contributed by atoms with E-state index >= 15 is 0 Å². The minimum atomic E-state index is -0.383. The molecular formula is C18H21N3O3S2. The van der Waals surface area contributed by atoms with Gasteiger partial charge in [-0.15, -0.1) is 0 Å². The van der Waals surface area contributed by atoms with Crippen LogP contribution in [0.5, 0.6) is 5.75 Å². The van der Waals surface area contributed by atoms with Crippen molar-refractivity contribution in [2.75, 3.05) is 30.3 Å². The zero-order valence-electron chi connectivity index (χ0n) is 14.1. The number of nitrogens with zero attached hydrogens (tertiary/aromatic N) is 1. The summed E-state index contributed by atoms with van der Waals surface area (Å²) in [5.41, 5.74) is 7.02. The van der Waals surface area contributed by atoms with Crippen LogP contribution in [0.4, 0.5) is 5.69 Å². The van der Waals surface area contributed by atoms with E-state index in [0.29, 0.717) is 40.6 Å². The van der Waals surface area contributed by atoms with Gasteiger partial charge in [-0.3, -0.25) is 9.59 Å². The number of carbonyl (C=O) groups excluding carboxylic acids is 2. The Morgan fingerprint density at radius 2 is 1.77 bits per heavy atom. The van der Waals surface area contributed by atoms with Crippen molar-refractivity contribution in [1.82, 2.24) is 10.4 Å². The molecule has 0 spiro atoms. The molecule has 0 aliphatic rings. The van der Waals surface area contributed by atoms with E-state index in [2.05, 4.69) is 30.6 Å². The number of rotatable bonds is 8. The largest absolute Gasteiger partial charge is 0.396 e. The molecule has 2 aromatic carbocycles. The molecule has 0 radical (unpaired) electrons. The van der Waals surface area contributed by atoms with Gasteiger partial charge in [0.25, 0.3) is 11.8 Å². The number of nitrogens with one attached hydrogen (secondary N) is 1. The summed E-state index contributed by atoms with van der Waals surface area (Å²) in [7, 11) is 0. The lowest BCUT2D eigenvalue weighted by Crippen LogP contribution is -2.36. The van der Waals surface area contributed by atoms with Crippen molar-refractivity contribution in [1.29, 1.82) is 0 Å². The van der Waals surface area contributed by atoms with Crippen LogP contribution in [-0.4, -0.2) is 41.5 Å². The first kappa shape index (κ1) is 20.0. The summed E-state index contributed by atoms with van der Waals surface area (Å²) in [6.07, 6.45) is 0. The Bertz CT molecular complexity index is 771. The number of anilines is 1. The number of benzene rings is 2. The smallest absolute Gasteiger partial charge is 0.286 e. The van der Waals surface area contributed by atoms with Crippen LogP contribution in [0.2, 0.25) is 0 Å². The van der Waals surface area contributed by atoms with Gasteiger partial charge < -0.3 is 15.9 Å². The first-order chi connectivity index (χ1) is 12.6. The SMILES string of the molecule is Nc1ccccc1ON(CCS)C(=O)c1cccc(C(=O)NCCS)c1. The van der Waals surface area contributed by atoms with Crippen molar-refractivity contribution in [2.45, 2.75) is 0 Å². The molecule has 0 aliphatic heterocycles. The van der Waals surface area contributed by atoms with Crippen LogP contribution in [0.25, 0.3) is 0 Å². The number of hydrogen-bond acceptors (Lipinski definition) is 6. The quantitative estimate of drug-likeness (QED) is 0.316. The Morgan fingerprint density at radius 3 is 2.46 bits per heavy atom. The summed E-state index contributed by atoms with van der Waals surface area (Å²) in [6.45, 7) is 0.703. The predicted molar refractivity (Wildman–Crippen MR) is 109 cm³/mol. The van der Waals surface area contributed by atoms with Gasteiger partial charge in [0, 0.05) is 29.2 Å². The summed E-state index contributed by atoms with van der Waals surface area (Å²) in [5.74, 6) is 0.673. The Kier molecular flexibility index (Phi) is 7.68. The minimum Gasteiger partial charge on any atom is -0.396 e. The van der Waals surface area contributed by atoms with E-state index in [-0.39, 0.29) is 18.4 Å². The van der Waals surface area contributed by atoms with Gasteiger partial charge in [-0.2, -0.15) is 30.3 Å². The maximum Gasteiger partial charge on any atom is 0.286 e. The van der Waals surface area contributed by atoms with Gasteiger partial charge in [0.2, 0.25) is 0 Å². The molecule has 0 aromatic heterocycles. The summed E-state index contributed by atoms with van der Waals surface area (Å²) < 4.78 is 0. The minimum absolute atomic E-state index is 0.256. The Hall–Kier alpha value is -2.32. The van der Waals surface area contributed by atoms with Crippen LogP contribution >= 0.6 is 25.3 Å². The van der Waals surface area contributed by atoms with Gasteiger partial charge in [0.15, 0.2) is 5.75 Å². The van der Waals surface area contributed by atoms with Gasteiger partial charge in [0.05, 0.1) is 12.2 Å². The molecule has 0 aliphatic carbocycles. The third-order valence-electron chi connectivity index (χ3n) is 3.43. The maximum absolute atomic E-state index is 12.8. The fourth-order valence-corrected chi connectivity index (χ4v) is 2.46. The molecule has 6 nitrogen and oxygen atoms in total. The van der Waals surface area contributed by atoms with Gasteiger partial charge >= 0.3 is 0 Å². The van der Waals surface area contributed by atoms with Crippen LogP contribution in [0.3, 0.4) is 0 Å². The van der Waals surface area contributed by atoms with Crippen LogP contribution in [0, 0.1) is 0 Å². The van der Waals surface area contributed by atoms with Crippen molar-refractivity contribution in [3.63, 3.8) is 0 Å². The molecule has 0 saturated carbocycles. The summed E-state index contributed by atoms with van der Waals surface area (Å²) >= 11 is 8.23. The molecule has 138 valence electrons. The molecule has 2 amide bonds. The zero-order chi connectivity index (χ0) is 18.9. The lowest BCUT2D eigenvalue weighted by Gasteiger charge is -2.22. The van der Waals surface area contributed by atoms with E-state index < -0.39 is 0 Å². The molecule has 8 heteroatoms. The van der Waals surface area contributed by atoms with Gasteiger partial charge in [0.1, 0.15) is 0 Å². The number of nitrogen functional groups attached to an aromatic ring is 1. The molecule has 0 bridgehead atoms. The Balaban J connectivity index is 2.20. The average Bonchev–Trinajstić information content (AvgIpc) is 2.67. The van der Waals surface area contributed by atoms with Crippen molar-refractivity contribution >= 4 is 42.8 Å². The number of hydrogen-bond donors (Lipinski definition) is 4. The van der Waals surface area contributed by atoms with Crippen molar-refractivity contribution in [2.24, 2.45) is 0 Å². The Labute approximate surface area is 163 Å². The zero-order valence-corrected chi connectivity index (χ0v) is 15.9. The highest BCUT2D eigenvalue weighted by molar-refractivity contribution is 7.80. The lowest BCUT2D eigenvalue weighted by atomic mass is 10.1. The number of carbonyl (C=O) groups is 2. The molecular weight excluding hydrogens is 370 g/mol. The highest BCUT2D eigenvalue weighted by atomic mass is 32.1. The first-order valence-electron chi connectivity index (χ1n) is 8.01. The van der Waals surface area contributed by atoms with E-state index in [1.165, 1.54) is 11.1 Å². The molecule has 26 heavy (non-hydrogen) atoms. The van der Waals surface area contributed by atoms with Crippen LogP contribution in [-0.2, 0) is 0 Å². The number of hydroxylamine groups is 2. The molecule has 0 unspecified atom stereocenters. The first-order valence-corrected chi connectivity index (χ1v) is 9.27. The number of nitrogens with two attached hydrogens (primary N) is 1. The van der Waals surface area contributed by atoms with E-state index in [1.807, 2.05) is 0 Å². The highest BCUT2D eigenvalue weighted by Crippen LogP contribution is 2.22. The molecule has 0 heterocycles. The summed E-state index contributed by atoms with van der Waals surface area (Å²) in [5, 5.41) is 3.90. The van der Waals surface area contributed by atoms with E-state index in [4.69, 9.17) is 10.6 Å². The Morgan fingerprint density at radius 1 is 1.04 bits per heavy atom. The maximum atomic E-state index is 12.8. The average molecular weight is 392 g/mol. The van der Waals surface area contributed by atoms with E-state index in [9.17, 15) is 9.59 Å². The lowest BCUT2D eigenvalue weighted by molar-refractivity contribution is -0.0279. The fraction of sp³-hybridized carbons (Fsp3) is 0.222. The van der Waals surface area contributed by atoms with E-state index in [1.54, 1.807) is 42.5 Å². The molecule has 0 atom stereocenters. The van der Waals surface area contributed by atoms with Crippen molar-refractivity contribution in [3.8, 4) is 5.75 Å². The normalized spacial score (nSPS) is 10.2. The van der Waals surface area contributed by atoms with Gasteiger partial charge in [-0.05, 0) is 30.3 Å².